The molecule has 0 fully saturated rings. The van der Waals surface area contributed by atoms with Crippen LogP contribution in [-0.2, 0) is 16.6 Å². The highest BCUT2D eigenvalue weighted by Crippen LogP contribution is 2.28. The smallest absolute Gasteiger partial charge is 0.406 e. The van der Waals surface area contributed by atoms with Crippen LogP contribution in [0.15, 0.2) is 76.4 Å². The first-order valence-corrected chi connectivity index (χ1v) is 10.8. The van der Waals surface area contributed by atoms with Crippen molar-refractivity contribution < 1.29 is 30.7 Å². The van der Waals surface area contributed by atoms with E-state index in [4.69, 9.17) is 0 Å². The molecule has 0 radical (unpaired) electrons. The summed E-state index contributed by atoms with van der Waals surface area (Å²) in [5.41, 5.74) is -0.0452. The van der Waals surface area contributed by atoms with Crippen LogP contribution in [0.25, 0.3) is 10.9 Å². The van der Waals surface area contributed by atoms with Crippen molar-refractivity contribution in [1.82, 2.24) is 9.78 Å². The minimum atomic E-state index is -5.01. The van der Waals surface area contributed by atoms with Crippen molar-refractivity contribution in [2.75, 3.05) is 4.72 Å². The Morgan fingerprint density at radius 1 is 1.00 bits per heavy atom. The van der Waals surface area contributed by atoms with E-state index in [-0.39, 0.29) is 17.4 Å². The SMILES string of the molecule is O=c1[nH]n(Cc2ccccc2)c2cc(F)c(NS(=O)(=O)c3cccc(OC(F)(F)F)c3)cc12. The lowest BCUT2D eigenvalue weighted by Crippen LogP contribution is -2.18. The molecule has 0 atom stereocenters. The maximum Gasteiger partial charge on any atom is 0.573 e. The second-order valence-electron chi connectivity index (χ2n) is 6.99. The molecule has 172 valence electrons. The third-order valence-electron chi connectivity index (χ3n) is 4.63. The standard InChI is InChI=1S/C21H15F4N3O4S/c22-17-11-19-16(20(29)26-28(19)12-13-5-2-1-3-6-13)10-18(17)27-33(30,31)15-8-4-7-14(9-15)32-21(23,24)25/h1-11,27H,12H2,(H,26,29). The Morgan fingerprint density at radius 2 is 1.73 bits per heavy atom. The zero-order valence-corrected chi connectivity index (χ0v) is 17.4. The highest BCUT2D eigenvalue weighted by molar-refractivity contribution is 7.92. The number of fused-ring (bicyclic) bond motifs is 1. The summed E-state index contributed by atoms with van der Waals surface area (Å²) >= 11 is 0. The zero-order chi connectivity index (χ0) is 23.8. The molecule has 0 saturated heterocycles. The molecule has 1 heterocycles. The summed E-state index contributed by atoms with van der Waals surface area (Å²) in [6.45, 7) is 0.246. The lowest BCUT2D eigenvalue weighted by Gasteiger charge is -2.12. The van der Waals surface area contributed by atoms with Crippen molar-refractivity contribution in [2.45, 2.75) is 17.8 Å². The molecule has 0 aliphatic heterocycles. The third-order valence-corrected chi connectivity index (χ3v) is 6.00. The Morgan fingerprint density at radius 3 is 2.42 bits per heavy atom. The fraction of sp³-hybridized carbons (Fsp3) is 0.0952. The molecule has 0 aliphatic carbocycles. The van der Waals surface area contributed by atoms with Crippen LogP contribution in [0.2, 0.25) is 0 Å². The van der Waals surface area contributed by atoms with Gasteiger partial charge in [-0.3, -0.25) is 19.3 Å². The zero-order valence-electron chi connectivity index (χ0n) is 16.6. The predicted octanol–water partition coefficient (Wildman–Crippen LogP) is 4.22. The molecule has 7 nitrogen and oxygen atoms in total. The van der Waals surface area contributed by atoms with E-state index in [1.807, 2.05) is 22.9 Å². The van der Waals surface area contributed by atoms with Gasteiger partial charge in [0.15, 0.2) is 0 Å². The summed E-state index contributed by atoms with van der Waals surface area (Å²) in [4.78, 5) is 11.8. The van der Waals surface area contributed by atoms with Crippen LogP contribution in [0.4, 0.5) is 23.2 Å². The first-order chi connectivity index (χ1) is 15.5. The van der Waals surface area contributed by atoms with Gasteiger partial charge in [0.05, 0.1) is 28.0 Å². The van der Waals surface area contributed by atoms with Gasteiger partial charge in [-0.15, -0.1) is 13.2 Å². The highest BCUT2D eigenvalue weighted by atomic mass is 32.2. The molecule has 0 bridgehead atoms. The Hall–Kier alpha value is -3.80. The molecule has 0 spiro atoms. The van der Waals surface area contributed by atoms with Crippen molar-refractivity contribution in [3.63, 3.8) is 0 Å². The van der Waals surface area contributed by atoms with E-state index < -0.39 is 44.1 Å². The average Bonchev–Trinajstić information content (AvgIpc) is 3.02. The number of alkyl halides is 3. The summed E-state index contributed by atoms with van der Waals surface area (Å²) in [7, 11) is -4.49. The molecule has 4 aromatic rings. The molecule has 1 aromatic heterocycles. The van der Waals surface area contributed by atoms with Crippen molar-refractivity contribution in [3.8, 4) is 5.75 Å². The van der Waals surface area contributed by atoms with Gasteiger partial charge in [-0.05, 0) is 23.8 Å². The average molecular weight is 481 g/mol. The van der Waals surface area contributed by atoms with Gasteiger partial charge in [0, 0.05) is 12.1 Å². The number of hydrogen-bond donors (Lipinski definition) is 2. The lowest BCUT2D eigenvalue weighted by atomic mass is 10.2. The van der Waals surface area contributed by atoms with E-state index >= 15 is 0 Å². The van der Waals surface area contributed by atoms with Crippen LogP contribution in [0.1, 0.15) is 5.56 Å². The molecule has 4 rings (SSSR count). The number of ether oxygens (including phenoxy) is 1. The number of halogens is 4. The molecule has 0 amide bonds. The largest absolute Gasteiger partial charge is 0.573 e. The molecule has 33 heavy (non-hydrogen) atoms. The number of aromatic amines is 1. The van der Waals surface area contributed by atoms with E-state index in [0.717, 1.165) is 35.9 Å². The second-order valence-corrected chi connectivity index (χ2v) is 8.67. The van der Waals surface area contributed by atoms with Gasteiger partial charge in [-0.1, -0.05) is 36.4 Å². The van der Waals surface area contributed by atoms with Gasteiger partial charge in [0.25, 0.3) is 15.6 Å². The number of anilines is 1. The van der Waals surface area contributed by atoms with E-state index in [1.165, 1.54) is 4.68 Å². The number of hydrogen-bond acceptors (Lipinski definition) is 4. The first-order valence-electron chi connectivity index (χ1n) is 9.36. The molecule has 0 aliphatic rings. The number of aromatic nitrogens is 2. The molecule has 12 heteroatoms. The number of sulfonamides is 1. The van der Waals surface area contributed by atoms with Crippen LogP contribution in [0.5, 0.6) is 5.75 Å². The van der Waals surface area contributed by atoms with Gasteiger partial charge in [0.2, 0.25) is 0 Å². The maximum absolute atomic E-state index is 14.8. The first kappa shape index (κ1) is 22.4. The summed E-state index contributed by atoms with van der Waals surface area (Å²) in [6, 6.07) is 14.7. The summed E-state index contributed by atoms with van der Waals surface area (Å²) in [5.74, 6) is -1.73. The molecule has 0 saturated carbocycles. The highest BCUT2D eigenvalue weighted by Gasteiger charge is 2.31. The van der Waals surface area contributed by atoms with Crippen LogP contribution in [0, 0.1) is 5.82 Å². The van der Waals surface area contributed by atoms with E-state index in [0.29, 0.717) is 6.07 Å². The van der Waals surface area contributed by atoms with Crippen LogP contribution >= 0.6 is 0 Å². The second kappa shape index (κ2) is 8.28. The Labute approximate surface area is 184 Å². The number of rotatable bonds is 6. The number of benzene rings is 3. The van der Waals surface area contributed by atoms with Crippen molar-refractivity contribution in [2.24, 2.45) is 0 Å². The van der Waals surface area contributed by atoms with Crippen molar-refractivity contribution >= 4 is 26.6 Å². The van der Waals surface area contributed by atoms with Gasteiger partial charge in [0.1, 0.15) is 11.6 Å². The number of nitrogens with one attached hydrogen (secondary N) is 2. The summed E-state index contributed by atoms with van der Waals surface area (Å²) in [5, 5.41) is 2.60. The Balaban J connectivity index is 1.67. The van der Waals surface area contributed by atoms with Crippen LogP contribution in [-0.4, -0.2) is 24.6 Å². The van der Waals surface area contributed by atoms with E-state index in [1.54, 1.807) is 12.1 Å². The van der Waals surface area contributed by atoms with Crippen molar-refractivity contribution in [1.29, 1.82) is 0 Å². The van der Waals surface area contributed by atoms with Crippen LogP contribution < -0.4 is 15.0 Å². The van der Waals surface area contributed by atoms with Gasteiger partial charge < -0.3 is 4.74 Å². The van der Waals surface area contributed by atoms with Gasteiger partial charge >= 0.3 is 6.36 Å². The topological polar surface area (TPSA) is 93.2 Å². The van der Waals surface area contributed by atoms with E-state index in [9.17, 15) is 30.8 Å². The molecular weight excluding hydrogens is 466 g/mol. The predicted molar refractivity (Wildman–Crippen MR) is 112 cm³/mol. The fourth-order valence-electron chi connectivity index (χ4n) is 3.22. The Kier molecular flexibility index (Phi) is 5.62. The third kappa shape index (κ3) is 5.00. The molecular formula is C21H15F4N3O4S. The molecule has 2 N–H and O–H groups in total. The molecule has 3 aromatic carbocycles. The molecule has 0 unspecified atom stereocenters. The van der Waals surface area contributed by atoms with E-state index in [2.05, 4.69) is 9.84 Å². The minimum Gasteiger partial charge on any atom is -0.406 e. The quantitative estimate of drug-likeness (QED) is 0.404. The number of H-pyrrole nitrogens is 1. The summed E-state index contributed by atoms with van der Waals surface area (Å²) in [6.07, 6.45) is -5.01. The van der Waals surface area contributed by atoms with Crippen molar-refractivity contribution in [3.05, 3.63) is 88.5 Å². The van der Waals surface area contributed by atoms with Gasteiger partial charge in [-0.2, -0.15) is 0 Å². The maximum atomic E-state index is 14.8. The monoisotopic (exact) mass is 481 g/mol. The summed E-state index contributed by atoms with van der Waals surface area (Å²) < 4.78 is 84.4. The van der Waals surface area contributed by atoms with Crippen LogP contribution in [0.3, 0.4) is 0 Å². The van der Waals surface area contributed by atoms with Gasteiger partial charge in [-0.25, -0.2) is 12.8 Å². The lowest BCUT2D eigenvalue weighted by molar-refractivity contribution is -0.274. The minimum absolute atomic E-state index is 0.0270. The normalized spacial score (nSPS) is 12.1. The number of nitrogens with zero attached hydrogens (tertiary/aromatic N) is 1. The Bertz CT molecular complexity index is 1480. The fourth-order valence-corrected chi connectivity index (χ4v) is 4.31.